The van der Waals surface area contributed by atoms with E-state index in [9.17, 15) is 14.4 Å². The molecule has 0 aliphatic carbocycles. The standard InChI is InChI=1S/C30H51N3O4/c1-9-26(34)25(17-18-27(35)37-30(6,7)8)33-28(36)32-24(20-29(3,4)5)12-10-11-19-31-21-23-15-13-22(2)14-16-23/h13-16,24-25,31H,9-12,17-21H2,1-8H3,(H2,32,33,36). The van der Waals surface area contributed by atoms with Gasteiger partial charge in [0, 0.05) is 25.4 Å². The second-order valence-electron chi connectivity index (χ2n) is 12.2. The van der Waals surface area contributed by atoms with Gasteiger partial charge in [-0.25, -0.2) is 4.79 Å². The third-order valence-corrected chi connectivity index (χ3v) is 5.90. The molecule has 1 aromatic rings. The van der Waals surface area contributed by atoms with Gasteiger partial charge in [0.25, 0.3) is 0 Å². The number of amides is 2. The maximum Gasteiger partial charge on any atom is 0.315 e. The topological polar surface area (TPSA) is 96.5 Å². The molecule has 0 spiro atoms. The average Bonchev–Trinajstić information content (AvgIpc) is 2.77. The molecule has 7 nitrogen and oxygen atoms in total. The van der Waals surface area contributed by atoms with Crippen LogP contribution in [-0.4, -0.2) is 42.0 Å². The van der Waals surface area contributed by atoms with Gasteiger partial charge in [0.2, 0.25) is 0 Å². The molecule has 37 heavy (non-hydrogen) atoms. The van der Waals surface area contributed by atoms with E-state index >= 15 is 0 Å². The number of carbonyl (C=O) groups is 3. The van der Waals surface area contributed by atoms with E-state index in [1.807, 2.05) is 0 Å². The van der Waals surface area contributed by atoms with Crippen LogP contribution >= 0.6 is 0 Å². The van der Waals surface area contributed by atoms with E-state index in [1.165, 1.54) is 11.1 Å². The first-order valence-corrected chi connectivity index (χ1v) is 13.8. The molecule has 1 aromatic carbocycles. The van der Waals surface area contributed by atoms with Crippen LogP contribution in [0.1, 0.15) is 105 Å². The quantitative estimate of drug-likeness (QED) is 0.201. The zero-order chi connectivity index (χ0) is 28.1. The van der Waals surface area contributed by atoms with E-state index in [1.54, 1.807) is 27.7 Å². The molecule has 0 heterocycles. The van der Waals surface area contributed by atoms with E-state index in [0.29, 0.717) is 6.42 Å². The highest BCUT2D eigenvalue weighted by atomic mass is 16.6. The molecular formula is C30H51N3O4. The Morgan fingerprint density at radius 1 is 0.919 bits per heavy atom. The third kappa shape index (κ3) is 16.1. The minimum absolute atomic E-state index is 0.000308. The molecule has 0 radical (unpaired) electrons. The zero-order valence-corrected chi connectivity index (χ0v) is 24.5. The number of hydrogen-bond donors (Lipinski definition) is 3. The van der Waals surface area contributed by atoms with Crippen molar-refractivity contribution in [3.8, 4) is 0 Å². The van der Waals surface area contributed by atoms with E-state index in [-0.39, 0.29) is 42.1 Å². The van der Waals surface area contributed by atoms with Crippen molar-refractivity contribution >= 4 is 17.8 Å². The summed E-state index contributed by atoms with van der Waals surface area (Å²) >= 11 is 0. The van der Waals surface area contributed by atoms with Gasteiger partial charge >= 0.3 is 12.0 Å². The maximum absolute atomic E-state index is 12.9. The molecule has 3 N–H and O–H groups in total. The van der Waals surface area contributed by atoms with Gasteiger partial charge < -0.3 is 20.7 Å². The van der Waals surface area contributed by atoms with E-state index in [2.05, 4.69) is 67.9 Å². The van der Waals surface area contributed by atoms with Crippen LogP contribution in [0.4, 0.5) is 4.79 Å². The summed E-state index contributed by atoms with van der Waals surface area (Å²) < 4.78 is 5.34. The lowest BCUT2D eigenvalue weighted by molar-refractivity contribution is -0.155. The average molecular weight is 518 g/mol. The number of hydrogen-bond acceptors (Lipinski definition) is 5. The van der Waals surface area contributed by atoms with Crippen molar-refractivity contribution in [1.82, 2.24) is 16.0 Å². The fourth-order valence-electron chi connectivity index (χ4n) is 4.14. The van der Waals surface area contributed by atoms with Gasteiger partial charge in [-0.1, -0.05) is 63.9 Å². The van der Waals surface area contributed by atoms with Crippen molar-refractivity contribution in [1.29, 1.82) is 0 Å². The molecule has 210 valence electrons. The molecule has 0 aliphatic rings. The van der Waals surface area contributed by atoms with Crippen molar-refractivity contribution < 1.29 is 19.1 Å². The molecule has 2 amide bonds. The number of benzene rings is 1. The van der Waals surface area contributed by atoms with E-state index < -0.39 is 11.6 Å². The predicted octanol–water partition coefficient (Wildman–Crippen LogP) is 5.83. The summed E-state index contributed by atoms with van der Waals surface area (Å²) in [6, 6.07) is 7.48. The normalized spacial score (nSPS) is 13.5. The Morgan fingerprint density at radius 3 is 2.14 bits per heavy atom. The van der Waals surface area contributed by atoms with Gasteiger partial charge in [0.1, 0.15) is 5.60 Å². The number of unbranched alkanes of at least 4 members (excludes halogenated alkanes) is 1. The molecule has 1 rings (SSSR count). The molecule has 0 saturated heterocycles. The molecule has 0 aromatic heterocycles. The summed E-state index contributed by atoms with van der Waals surface area (Å²) in [6.07, 6.45) is 4.30. The number of Topliss-reactive ketones (excluding diaryl/α,β-unsaturated/α-hetero) is 1. The number of urea groups is 1. The van der Waals surface area contributed by atoms with Crippen LogP contribution in [0.5, 0.6) is 0 Å². The smallest absolute Gasteiger partial charge is 0.315 e. The number of carbonyl (C=O) groups excluding carboxylic acids is 3. The molecule has 0 aliphatic heterocycles. The number of ether oxygens (including phenoxy) is 1. The zero-order valence-electron chi connectivity index (χ0n) is 24.5. The van der Waals surface area contributed by atoms with Crippen molar-refractivity contribution in [2.75, 3.05) is 6.54 Å². The van der Waals surface area contributed by atoms with Crippen LogP contribution in [0.2, 0.25) is 0 Å². The van der Waals surface area contributed by atoms with Gasteiger partial charge in [-0.3, -0.25) is 9.59 Å². The van der Waals surface area contributed by atoms with Crippen molar-refractivity contribution in [3.05, 3.63) is 35.4 Å². The highest BCUT2D eigenvalue weighted by Crippen LogP contribution is 2.23. The lowest BCUT2D eigenvalue weighted by atomic mass is 9.86. The summed E-state index contributed by atoms with van der Waals surface area (Å²) in [5, 5.41) is 9.40. The highest BCUT2D eigenvalue weighted by Gasteiger charge is 2.25. The Hall–Kier alpha value is -2.41. The van der Waals surface area contributed by atoms with Crippen LogP contribution in [0.25, 0.3) is 0 Å². The highest BCUT2D eigenvalue weighted by molar-refractivity contribution is 5.88. The lowest BCUT2D eigenvalue weighted by Gasteiger charge is -2.28. The summed E-state index contributed by atoms with van der Waals surface area (Å²) in [4.78, 5) is 37.4. The molecule has 7 heteroatoms. The summed E-state index contributed by atoms with van der Waals surface area (Å²) in [7, 11) is 0. The van der Waals surface area contributed by atoms with Crippen molar-refractivity contribution in [3.63, 3.8) is 0 Å². The Balaban J connectivity index is 2.55. The number of rotatable bonds is 15. The van der Waals surface area contributed by atoms with Crippen molar-refractivity contribution in [2.24, 2.45) is 5.41 Å². The predicted molar refractivity (Wildman–Crippen MR) is 150 cm³/mol. The summed E-state index contributed by atoms with van der Waals surface area (Å²) in [6.45, 7) is 17.5. The van der Waals surface area contributed by atoms with Gasteiger partial charge in [-0.05, 0) is 70.9 Å². The molecular weight excluding hydrogens is 466 g/mol. The Kier molecular flexibility index (Phi) is 13.9. The second-order valence-corrected chi connectivity index (χ2v) is 12.2. The Morgan fingerprint density at radius 2 is 1.57 bits per heavy atom. The Bertz CT molecular complexity index is 838. The van der Waals surface area contributed by atoms with Crippen LogP contribution in [0.3, 0.4) is 0 Å². The van der Waals surface area contributed by atoms with Crippen LogP contribution < -0.4 is 16.0 Å². The molecule has 0 saturated carbocycles. The lowest BCUT2D eigenvalue weighted by Crippen LogP contribution is -2.49. The van der Waals surface area contributed by atoms with Crippen LogP contribution in [-0.2, 0) is 20.9 Å². The summed E-state index contributed by atoms with van der Waals surface area (Å²) in [5.74, 6) is -0.462. The molecule has 0 fully saturated rings. The fourth-order valence-corrected chi connectivity index (χ4v) is 4.14. The van der Waals surface area contributed by atoms with Gasteiger partial charge in [-0.2, -0.15) is 0 Å². The largest absolute Gasteiger partial charge is 0.460 e. The van der Waals surface area contributed by atoms with Gasteiger partial charge in [0.05, 0.1) is 6.04 Å². The molecule has 2 atom stereocenters. The Labute approximate surface area is 224 Å². The maximum atomic E-state index is 12.9. The monoisotopic (exact) mass is 517 g/mol. The second kappa shape index (κ2) is 15.8. The first-order valence-electron chi connectivity index (χ1n) is 13.8. The van der Waals surface area contributed by atoms with Crippen LogP contribution in [0.15, 0.2) is 24.3 Å². The minimum atomic E-state index is -0.709. The van der Waals surface area contributed by atoms with Gasteiger partial charge in [0.15, 0.2) is 5.78 Å². The first kappa shape index (κ1) is 32.6. The van der Waals surface area contributed by atoms with Gasteiger partial charge in [-0.15, -0.1) is 0 Å². The first-order chi connectivity index (χ1) is 17.2. The third-order valence-electron chi connectivity index (χ3n) is 5.90. The number of aryl methyl sites for hydroxylation is 1. The summed E-state index contributed by atoms with van der Waals surface area (Å²) in [5.41, 5.74) is 2.01. The minimum Gasteiger partial charge on any atom is -0.460 e. The van der Waals surface area contributed by atoms with E-state index in [0.717, 1.165) is 38.8 Å². The number of esters is 1. The SMILES string of the molecule is CCC(=O)C(CCC(=O)OC(C)(C)C)NC(=O)NC(CCCCNCc1ccc(C)cc1)CC(C)(C)C. The number of ketones is 1. The van der Waals surface area contributed by atoms with Crippen LogP contribution in [0, 0.1) is 12.3 Å². The van der Waals surface area contributed by atoms with E-state index in [4.69, 9.17) is 4.74 Å². The molecule has 0 bridgehead atoms. The fraction of sp³-hybridized carbons (Fsp3) is 0.700. The van der Waals surface area contributed by atoms with Crippen molar-refractivity contribution in [2.45, 2.75) is 125 Å². The molecule has 2 unspecified atom stereocenters. The number of nitrogens with one attached hydrogen (secondary N) is 3.